The van der Waals surface area contributed by atoms with Crippen molar-refractivity contribution in [2.75, 3.05) is 0 Å². The molecule has 0 amide bonds. The minimum absolute atomic E-state index is 0. The van der Waals surface area contributed by atoms with Crippen LogP contribution < -0.4 is 0 Å². The van der Waals surface area contributed by atoms with E-state index in [0.717, 1.165) is 0 Å². The maximum atomic E-state index is 8.52. The van der Waals surface area contributed by atoms with Crippen LogP contribution in [0, 0.1) is 0 Å². The van der Waals surface area contributed by atoms with Gasteiger partial charge in [-0.3, -0.25) is 25.3 Å². The van der Waals surface area contributed by atoms with Crippen LogP contribution in [-0.4, -0.2) is 87.3 Å². The molecule has 0 N–H and O–H groups in total. The van der Waals surface area contributed by atoms with Gasteiger partial charge in [-0.15, -0.1) is 0 Å². The summed E-state index contributed by atoms with van der Waals surface area (Å²) in [4.78, 5) is 0. The SMILES string of the molecule is O=S(=O)([O-])[O-].O=S(=O)([O-])[O-].O=S(=O)([O-])[O-].[Al+3].[Al+3].[Cl][Fe][Cl]. The van der Waals surface area contributed by atoms with E-state index in [0.29, 0.717) is 0 Å². The Balaban J connectivity index is -0.0000000321. The summed E-state index contributed by atoms with van der Waals surface area (Å²) in [6, 6.07) is 0. The van der Waals surface area contributed by atoms with Crippen LogP contribution in [-0.2, 0) is 44.3 Å². The van der Waals surface area contributed by atoms with E-state index in [1.54, 1.807) is 0 Å². The first kappa shape index (κ1) is 37.8. The van der Waals surface area contributed by atoms with E-state index < -0.39 is 31.2 Å². The summed E-state index contributed by atoms with van der Waals surface area (Å²) in [5.74, 6) is 0. The summed E-state index contributed by atoms with van der Waals surface area (Å²) in [5, 5.41) is 0. The quantitative estimate of drug-likeness (QED) is 0.192. The summed E-state index contributed by atoms with van der Waals surface area (Å²) < 4.78 is 102. The van der Waals surface area contributed by atoms with Gasteiger partial charge >= 0.3 is 68.1 Å². The third-order valence-corrected chi connectivity index (χ3v) is 0. The molecule has 0 aromatic heterocycles. The Bertz CT molecular complexity index is 370. The second-order valence-corrected chi connectivity index (χ2v) is 5.55. The number of halogens is 2. The standard InChI is InChI=1S/2Al.2ClH.Fe.3H2O4S/c;;;;;3*1-5(2,3)4/h;;2*1H;;3*(H2,1,2,3,4)/q2*+3;;;+2;;;/p-8. The average molecular weight is 469 g/mol. The Kier molecular flexibility index (Phi) is 35.5. The van der Waals surface area contributed by atoms with Crippen LogP contribution in [0.3, 0.4) is 0 Å². The first-order valence-corrected chi connectivity index (χ1v) is 9.31. The zero-order valence-corrected chi connectivity index (χ0v) is 15.8. The zero-order valence-electron chi connectivity index (χ0n) is 8.39. The molecule has 0 bridgehead atoms. The molecule has 0 aromatic rings. The van der Waals surface area contributed by atoms with Crippen molar-refractivity contribution in [3.05, 3.63) is 0 Å². The predicted octanol–water partition coefficient (Wildman–Crippen LogP) is -3.40. The molecule has 0 saturated heterocycles. The van der Waals surface area contributed by atoms with Gasteiger partial charge in [0.15, 0.2) is 0 Å². The van der Waals surface area contributed by atoms with Crippen LogP contribution in [0.5, 0.6) is 0 Å². The van der Waals surface area contributed by atoms with E-state index in [-0.39, 0.29) is 47.9 Å². The van der Waals surface area contributed by atoms with E-state index in [9.17, 15) is 0 Å². The second-order valence-electron chi connectivity index (χ2n) is 1.28. The van der Waals surface area contributed by atoms with Crippen molar-refractivity contribution in [3.63, 3.8) is 0 Å². The van der Waals surface area contributed by atoms with Crippen molar-refractivity contribution >= 4 is 86.1 Å². The molecule has 0 saturated carbocycles. The fourth-order valence-corrected chi connectivity index (χ4v) is 0. The number of hydrogen-bond acceptors (Lipinski definition) is 12. The molecule has 118 valence electrons. The molecular formula is Al2Cl2FeO12S3. The molecule has 20 heteroatoms. The maximum absolute atomic E-state index is 8.52. The Labute approximate surface area is 150 Å². The van der Waals surface area contributed by atoms with Gasteiger partial charge in [0.05, 0.1) is 0 Å². The van der Waals surface area contributed by atoms with E-state index in [1.807, 2.05) is 0 Å². The molecule has 0 radical (unpaired) electrons. The molecule has 12 nitrogen and oxygen atoms in total. The molecular weight excluding hydrogens is 469 g/mol. The molecule has 0 aliphatic rings. The van der Waals surface area contributed by atoms with Crippen molar-refractivity contribution in [2.45, 2.75) is 0 Å². The molecule has 0 aliphatic heterocycles. The fraction of sp³-hybridized carbons (Fsp3) is 0. The van der Waals surface area contributed by atoms with E-state index in [4.69, 9.17) is 72.8 Å². The van der Waals surface area contributed by atoms with Crippen LogP contribution in [0.4, 0.5) is 0 Å². The Morgan fingerprint density at radius 3 is 0.550 bits per heavy atom. The fourth-order valence-electron chi connectivity index (χ4n) is 0. The van der Waals surface area contributed by atoms with Crippen molar-refractivity contribution in [1.29, 1.82) is 0 Å². The summed E-state index contributed by atoms with van der Waals surface area (Å²) in [7, 11) is -5.97. The van der Waals surface area contributed by atoms with Crippen LogP contribution in [0.1, 0.15) is 0 Å². The predicted molar refractivity (Wildman–Crippen MR) is 54.6 cm³/mol. The minimum atomic E-state index is -5.17. The number of hydrogen-bond donors (Lipinski definition) is 0. The van der Waals surface area contributed by atoms with Crippen molar-refractivity contribution in [2.24, 2.45) is 0 Å². The van der Waals surface area contributed by atoms with Gasteiger partial charge < -0.3 is 27.3 Å². The molecule has 0 fully saturated rings. The van der Waals surface area contributed by atoms with Crippen molar-refractivity contribution in [1.82, 2.24) is 0 Å². The van der Waals surface area contributed by atoms with Crippen LogP contribution in [0.15, 0.2) is 0 Å². The van der Waals surface area contributed by atoms with Gasteiger partial charge in [-0.2, -0.15) is 0 Å². The summed E-state index contributed by atoms with van der Waals surface area (Å²) in [6.07, 6.45) is 0. The molecule has 0 aromatic carbocycles. The van der Waals surface area contributed by atoms with E-state index >= 15 is 0 Å². The van der Waals surface area contributed by atoms with Gasteiger partial charge in [-0.25, -0.2) is 0 Å². The molecule has 20 heavy (non-hydrogen) atoms. The van der Waals surface area contributed by atoms with Gasteiger partial charge in [-0.1, -0.05) is 0 Å². The van der Waals surface area contributed by atoms with Crippen LogP contribution in [0.2, 0.25) is 0 Å². The molecule has 0 atom stereocenters. The van der Waals surface area contributed by atoms with Gasteiger partial charge in [0.2, 0.25) is 0 Å². The third kappa shape index (κ3) is 2210. The summed E-state index contributed by atoms with van der Waals surface area (Å²) >= 11 is 0.194. The monoisotopic (exact) mass is 468 g/mol. The third-order valence-electron chi connectivity index (χ3n) is 0. The van der Waals surface area contributed by atoms with Crippen LogP contribution in [0.25, 0.3) is 0 Å². The van der Waals surface area contributed by atoms with E-state index in [1.165, 1.54) is 0 Å². The molecule has 0 aliphatic carbocycles. The molecule has 0 rings (SSSR count). The first-order chi connectivity index (χ1) is 7.41. The van der Waals surface area contributed by atoms with Gasteiger partial charge in [0.1, 0.15) is 0 Å². The number of rotatable bonds is 0. The van der Waals surface area contributed by atoms with Gasteiger partial charge in [0.25, 0.3) is 0 Å². The topological polar surface area (TPSA) is 241 Å². The summed E-state index contributed by atoms with van der Waals surface area (Å²) in [5.41, 5.74) is 0. The van der Waals surface area contributed by atoms with E-state index in [2.05, 4.69) is 0 Å². The first-order valence-electron chi connectivity index (χ1n) is 2.27. The normalized spacial score (nSPS) is 9.80. The van der Waals surface area contributed by atoms with Gasteiger partial charge in [0, 0.05) is 31.2 Å². The molecule has 0 heterocycles. The Morgan fingerprint density at radius 2 is 0.550 bits per heavy atom. The van der Waals surface area contributed by atoms with Crippen molar-refractivity contribution in [3.8, 4) is 0 Å². The zero-order chi connectivity index (χ0) is 16.2. The molecule has 0 spiro atoms. The van der Waals surface area contributed by atoms with Gasteiger partial charge in [-0.05, 0) is 0 Å². The van der Waals surface area contributed by atoms with Crippen molar-refractivity contribution < 1.29 is 65.7 Å². The Morgan fingerprint density at radius 1 is 0.550 bits per heavy atom. The average Bonchev–Trinajstić information content (AvgIpc) is 1.71. The second kappa shape index (κ2) is 18.8. The molecule has 0 unspecified atom stereocenters. The summed E-state index contributed by atoms with van der Waals surface area (Å²) in [6.45, 7) is 0. The van der Waals surface area contributed by atoms with Crippen LogP contribution >= 0.6 is 20.2 Å². The Hall–Kier alpha value is 1.77.